The van der Waals surface area contributed by atoms with Crippen LogP contribution in [0.25, 0.3) is 10.8 Å². The molecule has 1 aliphatic heterocycles. The van der Waals surface area contributed by atoms with Crippen LogP contribution < -0.4 is 10.2 Å². The third-order valence-corrected chi connectivity index (χ3v) is 4.66. The molecular weight excluding hydrogens is 323 g/mol. The second-order valence-electron chi connectivity index (χ2n) is 7.59. The molecule has 1 saturated heterocycles. The first-order chi connectivity index (χ1) is 12.6. The van der Waals surface area contributed by atoms with E-state index < -0.39 is 0 Å². The summed E-state index contributed by atoms with van der Waals surface area (Å²) >= 11 is 0. The Morgan fingerprint density at radius 3 is 2.23 bits per heavy atom. The van der Waals surface area contributed by atoms with E-state index in [1.54, 1.807) is 0 Å². The van der Waals surface area contributed by atoms with Gasteiger partial charge in [-0.2, -0.15) is 0 Å². The Morgan fingerprint density at radius 2 is 1.50 bits per heavy atom. The van der Waals surface area contributed by atoms with E-state index in [2.05, 4.69) is 44.2 Å². The van der Waals surface area contributed by atoms with Gasteiger partial charge < -0.3 is 14.0 Å². The fourth-order valence-electron chi connectivity index (χ4n) is 3.23. The van der Waals surface area contributed by atoms with Crippen LogP contribution in [0.15, 0.2) is 66.7 Å². The Morgan fingerprint density at radius 1 is 0.846 bits per heavy atom. The molecule has 1 fully saturated rings. The van der Waals surface area contributed by atoms with Gasteiger partial charge in [0.1, 0.15) is 12.4 Å². The fourth-order valence-corrected chi connectivity index (χ4v) is 3.23. The first-order valence-electron chi connectivity index (χ1n) is 9.04. The summed E-state index contributed by atoms with van der Waals surface area (Å²) in [5.41, 5.74) is 2.27. The minimum absolute atomic E-state index is 0.0606. The molecule has 132 valence electrons. The van der Waals surface area contributed by atoms with E-state index in [-0.39, 0.29) is 12.5 Å². The summed E-state index contributed by atoms with van der Waals surface area (Å²) in [6, 6.07) is 22.6. The van der Waals surface area contributed by atoms with Crippen LogP contribution in [0.5, 0.6) is 5.75 Å². The van der Waals surface area contributed by atoms with Crippen molar-refractivity contribution in [1.29, 1.82) is 0 Å². The Kier molecular flexibility index (Phi) is 4.71. The minimum atomic E-state index is -0.323. The molecule has 0 N–H and O–H groups in total. The van der Waals surface area contributed by atoms with Crippen molar-refractivity contribution in [1.82, 2.24) is 0 Å². The lowest BCUT2D eigenvalue weighted by Crippen LogP contribution is -2.47. The van der Waals surface area contributed by atoms with Gasteiger partial charge in [-0.15, -0.1) is 0 Å². The summed E-state index contributed by atoms with van der Waals surface area (Å²) < 4.78 is 18.1. The van der Waals surface area contributed by atoms with Crippen LogP contribution in [-0.4, -0.2) is 20.3 Å². The molecule has 3 aromatic rings. The topological polar surface area (TPSA) is 27.7 Å². The van der Waals surface area contributed by atoms with Gasteiger partial charge in [0.05, 0.1) is 0 Å². The molecule has 26 heavy (non-hydrogen) atoms. The van der Waals surface area contributed by atoms with Gasteiger partial charge in [0.2, 0.25) is 0 Å². The zero-order valence-corrected chi connectivity index (χ0v) is 15.3. The molecule has 0 bridgehead atoms. The lowest BCUT2D eigenvalue weighted by Gasteiger charge is -2.33. The Hall–Kier alpha value is -2.30. The van der Waals surface area contributed by atoms with E-state index in [1.807, 2.05) is 36.4 Å². The predicted octanol–water partition coefficient (Wildman–Crippen LogP) is 4.19. The Labute approximate surface area is 155 Å². The summed E-state index contributed by atoms with van der Waals surface area (Å²) in [4.78, 5) is 0. The molecule has 1 aliphatic rings. The first-order valence-corrected chi connectivity index (χ1v) is 9.04. The summed E-state index contributed by atoms with van der Waals surface area (Å²) in [5, 5.41) is 2.20. The number of rotatable bonds is 4. The van der Waals surface area contributed by atoms with Crippen LogP contribution >= 0.6 is 0 Å². The van der Waals surface area contributed by atoms with E-state index >= 15 is 0 Å². The molecule has 0 spiro atoms. The summed E-state index contributed by atoms with van der Waals surface area (Å²) in [6.07, 6.45) is 0. The molecule has 0 aromatic heterocycles. The highest BCUT2D eigenvalue weighted by molar-refractivity contribution is 6.64. The second kappa shape index (κ2) is 7.14. The van der Waals surface area contributed by atoms with E-state index in [4.69, 9.17) is 14.0 Å². The normalized spacial score (nSPS) is 16.6. The molecule has 0 radical (unpaired) electrons. The molecule has 4 heteroatoms. The molecule has 0 unspecified atom stereocenters. The van der Waals surface area contributed by atoms with Gasteiger partial charge in [-0.05, 0) is 22.5 Å². The third-order valence-electron chi connectivity index (χ3n) is 4.66. The zero-order valence-electron chi connectivity index (χ0n) is 15.3. The van der Waals surface area contributed by atoms with E-state index in [9.17, 15) is 0 Å². The first kappa shape index (κ1) is 17.1. The predicted molar refractivity (Wildman–Crippen MR) is 106 cm³/mol. The quantitative estimate of drug-likeness (QED) is 0.663. The van der Waals surface area contributed by atoms with Gasteiger partial charge in [0, 0.05) is 24.0 Å². The van der Waals surface area contributed by atoms with Crippen molar-refractivity contribution in [2.24, 2.45) is 5.41 Å². The molecule has 1 heterocycles. The van der Waals surface area contributed by atoms with Crippen molar-refractivity contribution >= 4 is 23.4 Å². The minimum Gasteiger partial charge on any atom is -0.488 e. The highest BCUT2D eigenvalue weighted by atomic mass is 16.6. The van der Waals surface area contributed by atoms with Gasteiger partial charge in [-0.25, -0.2) is 0 Å². The largest absolute Gasteiger partial charge is 0.494 e. The maximum atomic E-state index is 6.10. The third kappa shape index (κ3) is 3.62. The van der Waals surface area contributed by atoms with Crippen molar-refractivity contribution in [2.75, 3.05) is 13.2 Å². The second-order valence-corrected chi connectivity index (χ2v) is 7.59. The number of fused-ring (bicyclic) bond motifs is 1. The fraction of sp³-hybridized carbons (Fsp3) is 0.273. The lowest BCUT2D eigenvalue weighted by atomic mass is 9.73. The molecule has 3 nitrogen and oxygen atoms in total. The molecule has 0 amide bonds. The zero-order chi connectivity index (χ0) is 18.0. The summed E-state index contributed by atoms with van der Waals surface area (Å²) in [5.74, 6) is 0.879. The van der Waals surface area contributed by atoms with Crippen molar-refractivity contribution in [2.45, 2.75) is 20.5 Å². The van der Waals surface area contributed by atoms with Crippen molar-refractivity contribution < 1.29 is 14.0 Å². The maximum absolute atomic E-state index is 6.10. The van der Waals surface area contributed by atoms with Crippen LogP contribution in [0.4, 0.5) is 0 Å². The number of ether oxygens (including phenoxy) is 1. The smallest absolute Gasteiger partial charge is 0.488 e. The van der Waals surface area contributed by atoms with Crippen molar-refractivity contribution in [3.63, 3.8) is 0 Å². The van der Waals surface area contributed by atoms with Crippen molar-refractivity contribution in [3.05, 3.63) is 72.3 Å². The van der Waals surface area contributed by atoms with Crippen molar-refractivity contribution in [3.8, 4) is 5.75 Å². The maximum Gasteiger partial charge on any atom is 0.494 e. The van der Waals surface area contributed by atoms with Crippen LogP contribution in [-0.2, 0) is 15.9 Å². The molecule has 0 saturated carbocycles. The molecule has 0 aliphatic carbocycles. The van der Waals surface area contributed by atoms with Gasteiger partial charge in [0.15, 0.2) is 0 Å². The van der Waals surface area contributed by atoms with Gasteiger partial charge in [0.25, 0.3) is 0 Å². The van der Waals surface area contributed by atoms with Crippen LogP contribution in [0.1, 0.15) is 19.4 Å². The SMILES string of the molecule is CC1(C)COB(c2ccc(OCc3ccccc3)c3ccccc23)OC1. The highest BCUT2D eigenvalue weighted by Crippen LogP contribution is 2.27. The van der Waals surface area contributed by atoms with Crippen LogP contribution in [0.3, 0.4) is 0 Å². The van der Waals surface area contributed by atoms with Crippen LogP contribution in [0.2, 0.25) is 0 Å². The highest BCUT2D eigenvalue weighted by Gasteiger charge is 2.34. The Balaban J connectivity index is 1.61. The number of hydrogen-bond donors (Lipinski definition) is 0. The monoisotopic (exact) mass is 346 g/mol. The van der Waals surface area contributed by atoms with Gasteiger partial charge in [-0.1, -0.05) is 74.5 Å². The van der Waals surface area contributed by atoms with E-state index in [0.29, 0.717) is 19.8 Å². The molecular formula is C22H23BO3. The number of hydrogen-bond acceptors (Lipinski definition) is 3. The lowest BCUT2D eigenvalue weighted by molar-refractivity contribution is 0.0344. The molecule has 0 atom stereocenters. The standard InChI is InChI=1S/C22H23BO3/c1-22(2)15-25-23(26-16-22)20-12-13-21(19-11-7-6-10-18(19)20)24-14-17-8-4-3-5-9-17/h3-13H,14-16H2,1-2H3. The van der Waals surface area contributed by atoms with Crippen LogP contribution in [0, 0.1) is 5.41 Å². The summed E-state index contributed by atoms with van der Waals surface area (Å²) in [6.45, 7) is 6.25. The average Bonchev–Trinajstić information content (AvgIpc) is 2.67. The van der Waals surface area contributed by atoms with Gasteiger partial charge in [-0.3, -0.25) is 0 Å². The van der Waals surface area contributed by atoms with E-state index in [0.717, 1.165) is 27.5 Å². The van der Waals surface area contributed by atoms with Gasteiger partial charge >= 0.3 is 7.12 Å². The average molecular weight is 346 g/mol. The van der Waals surface area contributed by atoms with E-state index in [1.165, 1.54) is 0 Å². The molecule has 4 rings (SSSR count). The number of benzene rings is 3. The molecule has 3 aromatic carbocycles. The Bertz CT molecular complexity index is 882. The summed E-state index contributed by atoms with van der Waals surface area (Å²) in [7, 11) is -0.323.